The predicted octanol–water partition coefficient (Wildman–Crippen LogP) is 13.2. The second-order valence-corrected chi connectivity index (χ2v) is 11.9. The number of benzene rings is 9. The van der Waals surface area contributed by atoms with Crippen molar-refractivity contribution in [3.05, 3.63) is 170 Å². The molecule has 1 aromatic heterocycles. The van der Waals surface area contributed by atoms with E-state index in [1.165, 1.54) is 0 Å². The molecule has 0 amide bonds. The van der Waals surface area contributed by atoms with Crippen LogP contribution in [0.25, 0.3) is 98.4 Å². The summed E-state index contributed by atoms with van der Waals surface area (Å²) in [6.45, 7) is 0. The van der Waals surface area contributed by atoms with E-state index in [0.717, 1.165) is 87.3 Å². The molecule has 10 aromatic rings. The summed E-state index contributed by atoms with van der Waals surface area (Å²) >= 11 is 0. The minimum atomic E-state index is -0.410. The van der Waals surface area contributed by atoms with Gasteiger partial charge in [-0.3, -0.25) is 0 Å². The van der Waals surface area contributed by atoms with Crippen LogP contribution in [0.3, 0.4) is 0 Å². The van der Waals surface area contributed by atoms with Crippen LogP contribution in [0, 0.1) is 0 Å². The zero-order valence-electron chi connectivity index (χ0n) is 31.1. The summed E-state index contributed by atoms with van der Waals surface area (Å²) in [5, 5.41) is 9.16. The Kier molecular flexibility index (Phi) is 4.49. The van der Waals surface area contributed by atoms with Gasteiger partial charge in [0.15, 0.2) is 0 Å². The predicted molar refractivity (Wildman–Crippen MR) is 200 cm³/mol. The fraction of sp³-hybridized carbons (Fsp3) is 0. The lowest BCUT2D eigenvalue weighted by Crippen LogP contribution is -1.90. The summed E-state index contributed by atoms with van der Waals surface area (Å²) in [4.78, 5) is 0. The lowest BCUT2D eigenvalue weighted by atomic mass is 9.86. The van der Waals surface area contributed by atoms with E-state index in [4.69, 9.17) is 12.6 Å². The zero-order chi connectivity index (χ0) is 36.1. The molecule has 0 aliphatic carbocycles. The summed E-state index contributed by atoms with van der Waals surface area (Å²) in [7, 11) is 0. The Morgan fingerprint density at radius 3 is 1.55 bits per heavy atom. The van der Waals surface area contributed by atoms with Gasteiger partial charge in [-0.2, -0.15) is 0 Å². The monoisotopic (exact) mass is 602 g/mol. The van der Waals surface area contributed by atoms with Gasteiger partial charge in [-0.25, -0.2) is 0 Å². The highest BCUT2D eigenvalue weighted by Crippen LogP contribution is 2.46. The molecule has 9 aromatic carbocycles. The molecule has 10 rings (SSSR count). The number of rotatable bonds is 3. The van der Waals surface area contributed by atoms with Gasteiger partial charge in [0.05, 0.1) is 8.22 Å². The maximum Gasteiger partial charge on any atom is 0.143 e. The van der Waals surface area contributed by atoms with Gasteiger partial charge < -0.3 is 4.42 Å². The minimum absolute atomic E-state index is 0.192. The summed E-state index contributed by atoms with van der Waals surface area (Å²) < 4.78 is 58.6. The fourth-order valence-electron chi connectivity index (χ4n) is 7.44. The molecule has 0 saturated carbocycles. The van der Waals surface area contributed by atoms with Crippen LogP contribution in [0.2, 0.25) is 0 Å². The Labute approximate surface area is 280 Å². The molecule has 0 atom stereocenters. The van der Waals surface area contributed by atoms with Crippen LogP contribution in [0.5, 0.6) is 0 Å². The summed E-state index contributed by atoms with van der Waals surface area (Å²) in [6, 6.07) is 43.5. The van der Waals surface area contributed by atoms with Crippen molar-refractivity contribution >= 4 is 65.0 Å². The number of para-hydroxylation sites is 1. The SMILES string of the molecule is [2H]c1c([2H])c([2H])c(-c2c3ccccc3c(-c3ccc4oc5c(-c6c7ccccc7c([2H])c7ccccc67)cccc5c4c3)c3ccccc23)c([2H])c1[2H]. The first kappa shape index (κ1) is 20.8. The molecule has 1 heterocycles. The highest BCUT2D eigenvalue weighted by molar-refractivity contribution is 6.23. The molecule has 0 unspecified atom stereocenters. The third-order valence-electron chi connectivity index (χ3n) is 9.40. The maximum atomic E-state index is 9.01. The van der Waals surface area contributed by atoms with E-state index in [1.54, 1.807) is 0 Å². The molecule has 0 spiro atoms. The molecule has 0 saturated heterocycles. The van der Waals surface area contributed by atoms with Crippen LogP contribution in [-0.2, 0) is 0 Å². The number of hydrogen-bond donors (Lipinski definition) is 0. The lowest BCUT2D eigenvalue weighted by molar-refractivity contribution is 0.670. The Morgan fingerprint density at radius 1 is 0.404 bits per heavy atom. The number of furan rings is 1. The van der Waals surface area contributed by atoms with Gasteiger partial charge in [0.2, 0.25) is 0 Å². The van der Waals surface area contributed by atoms with Gasteiger partial charge in [-0.05, 0) is 83.5 Å². The maximum absolute atomic E-state index is 9.01. The van der Waals surface area contributed by atoms with Gasteiger partial charge in [-0.15, -0.1) is 0 Å². The van der Waals surface area contributed by atoms with Crippen LogP contribution in [-0.4, -0.2) is 0 Å². The van der Waals surface area contributed by atoms with Gasteiger partial charge in [0, 0.05) is 21.9 Å². The van der Waals surface area contributed by atoms with Gasteiger partial charge in [-0.1, -0.05) is 152 Å². The van der Waals surface area contributed by atoms with Crippen molar-refractivity contribution in [1.82, 2.24) is 0 Å². The summed E-state index contributed by atoms with van der Waals surface area (Å²) in [5.74, 6) is 0. The highest BCUT2D eigenvalue weighted by Gasteiger charge is 2.20. The normalized spacial score (nSPS) is 13.6. The second kappa shape index (κ2) is 10.2. The van der Waals surface area contributed by atoms with E-state index >= 15 is 0 Å². The van der Waals surface area contributed by atoms with Crippen molar-refractivity contribution in [1.29, 1.82) is 0 Å². The second-order valence-electron chi connectivity index (χ2n) is 11.9. The number of hydrogen-bond acceptors (Lipinski definition) is 1. The van der Waals surface area contributed by atoms with Gasteiger partial charge in [0.1, 0.15) is 11.2 Å². The standard InChI is InChI=1S/C46H28O/c1-2-13-29(14-3-1)43-35-19-8-10-21-37(35)44(38-22-11-9-20-36(38)43)32-25-26-42-41(28-32)39-23-12-24-40(46(39)47-42)45-33-17-6-4-15-30(33)27-31-16-5-7-18-34(31)45/h1-28H/i1D,2D,3D,13D,14D,27D. The molecule has 0 fully saturated rings. The topological polar surface area (TPSA) is 13.1 Å². The van der Waals surface area contributed by atoms with Crippen LogP contribution >= 0.6 is 0 Å². The quantitative estimate of drug-likeness (QED) is 0.183. The van der Waals surface area contributed by atoms with Crippen molar-refractivity contribution in [2.45, 2.75) is 0 Å². The average molecular weight is 603 g/mol. The minimum Gasteiger partial charge on any atom is -0.455 e. The van der Waals surface area contributed by atoms with Crippen LogP contribution in [0.15, 0.2) is 174 Å². The molecular weight excluding hydrogens is 569 g/mol. The first-order valence-corrected chi connectivity index (χ1v) is 15.7. The van der Waals surface area contributed by atoms with Crippen molar-refractivity contribution < 1.29 is 12.6 Å². The molecule has 0 radical (unpaired) electrons. The molecule has 1 heteroatoms. The van der Waals surface area contributed by atoms with Crippen molar-refractivity contribution in [2.75, 3.05) is 0 Å². The third-order valence-corrected chi connectivity index (χ3v) is 9.40. The summed E-state index contributed by atoms with van der Waals surface area (Å²) in [6.07, 6.45) is 0. The zero-order valence-corrected chi connectivity index (χ0v) is 25.1. The van der Waals surface area contributed by atoms with Crippen molar-refractivity contribution in [3.63, 3.8) is 0 Å². The first-order chi connectivity index (χ1) is 25.8. The smallest absolute Gasteiger partial charge is 0.143 e. The fourth-order valence-corrected chi connectivity index (χ4v) is 7.44. The van der Waals surface area contributed by atoms with E-state index in [9.17, 15) is 0 Å². The number of fused-ring (bicyclic) bond motifs is 7. The average Bonchev–Trinajstić information content (AvgIpc) is 3.58. The molecule has 218 valence electrons. The van der Waals surface area contributed by atoms with Crippen LogP contribution < -0.4 is 0 Å². The van der Waals surface area contributed by atoms with Gasteiger partial charge >= 0.3 is 0 Å². The Bertz CT molecular complexity index is 3050. The first-order valence-electron chi connectivity index (χ1n) is 18.7. The molecule has 1 nitrogen and oxygen atoms in total. The van der Waals surface area contributed by atoms with Gasteiger partial charge in [0.25, 0.3) is 0 Å². The molecular formula is C46H28O. The molecule has 0 aliphatic rings. The lowest BCUT2D eigenvalue weighted by Gasteiger charge is -2.17. The van der Waals surface area contributed by atoms with Crippen molar-refractivity contribution in [3.8, 4) is 33.4 Å². The largest absolute Gasteiger partial charge is 0.455 e. The highest BCUT2D eigenvalue weighted by atomic mass is 16.3. The van der Waals surface area contributed by atoms with Crippen LogP contribution in [0.1, 0.15) is 8.22 Å². The van der Waals surface area contributed by atoms with E-state index < -0.39 is 6.04 Å². The molecule has 0 N–H and O–H groups in total. The molecule has 0 aliphatic heterocycles. The van der Waals surface area contributed by atoms with E-state index in [-0.39, 0.29) is 29.7 Å². The van der Waals surface area contributed by atoms with Crippen molar-refractivity contribution in [2.24, 2.45) is 0 Å². The third kappa shape index (κ3) is 3.90. The summed E-state index contributed by atoms with van der Waals surface area (Å²) in [5.41, 5.74) is 6.31. The van der Waals surface area contributed by atoms with E-state index in [2.05, 4.69) is 42.5 Å². The Balaban J connectivity index is 1.26. The van der Waals surface area contributed by atoms with E-state index in [1.807, 2.05) is 91.0 Å². The van der Waals surface area contributed by atoms with Crippen LogP contribution in [0.4, 0.5) is 0 Å². The molecule has 0 bridgehead atoms. The Hall–Kier alpha value is -6.18. The molecule has 47 heavy (non-hydrogen) atoms. The van der Waals surface area contributed by atoms with E-state index in [0.29, 0.717) is 11.6 Å². The Morgan fingerprint density at radius 2 is 0.936 bits per heavy atom.